The second-order valence-corrected chi connectivity index (χ2v) is 10.4. The van der Waals surface area contributed by atoms with Gasteiger partial charge in [-0.05, 0) is 30.2 Å². The topological polar surface area (TPSA) is 98.1 Å². The average molecular weight is 438 g/mol. The number of rotatable bonds is 4. The molecule has 0 bridgehead atoms. The molecule has 0 saturated carbocycles. The smallest absolute Gasteiger partial charge is 0.271 e. The molecular weight excluding hydrogens is 422 g/mol. The van der Waals surface area contributed by atoms with Gasteiger partial charge in [0.1, 0.15) is 11.2 Å². The molecule has 1 aliphatic rings. The Bertz CT molecular complexity index is 1220. The maximum Gasteiger partial charge on any atom is 0.271 e. The molecule has 28 heavy (non-hydrogen) atoms. The molecule has 0 spiro atoms. The van der Waals surface area contributed by atoms with Gasteiger partial charge in [-0.1, -0.05) is 23.7 Å². The number of benzene rings is 1. The Morgan fingerprint density at radius 1 is 1.32 bits per heavy atom. The summed E-state index contributed by atoms with van der Waals surface area (Å²) in [4.78, 5) is 30.1. The third-order valence-corrected chi connectivity index (χ3v) is 7.73. The monoisotopic (exact) mass is 437 g/mol. The molecule has 1 aromatic carbocycles. The SMILES string of the molecule is O=C(Cn1cnc2cc(-c3ccc(Cl)cc3)sc2c1=O)NC1CCS(=O)(=O)C1. The molecule has 146 valence electrons. The van der Waals surface area contributed by atoms with E-state index in [-0.39, 0.29) is 23.6 Å². The van der Waals surface area contributed by atoms with Crippen molar-refractivity contribution in [2.75, 3.05) is 11.5 Å². The number of sulfone groups is 1. The van der Waals surface area contributed by atoms with Gasteiger partial charge in [-0.2, -0.15) is 0 Å². The summed E-state index contributed by atoms with van der Waals surface area (Å²) in [6, 6.07) is 8.73. The summed E-state index contributed by atoms with van der Waals surface area (Å²) in [6.45, 7) is -0.202. The van der Waals surface area contributed by atoms with Crippen molar-refractivity contribution in [2.24, 2.45) is 0 Å². The summed E-state index contributed by atoms with van der Waals surface area (Å²) in [7, 11) is -3.08. The first-order chi connectivity index (χ1) is 13.3. The molecular formula is C18H16ClN3O4S2. The van der Waals surface area contributed by atoms with Crippen LogP contribution in [0.3, 0.4) is 0 Å². The van der Waals surface area contributed by atoms with Crippen molar-refractivity contribution < 1.29 is 13.2 Å². The molecule has 1 N–H and O–H groups in total. The first-order valence-corrected chi connectivity index (χ1v) is 11.6. The van der Waals surface area contributed by atoms with E-state index in [1.165, 1.54) is 22.2 Å². The highest BCUT2D eigenvalue weighted by atomic mass is 35.5. The summed E-state index contributed by atoms with van der Waals surface area (Å²) >= 11 is 7.22. The molecule has 10 heteroatoms. The minimum Gasteiger partial charge on any atom is -0.351 e. The number of amides is 1. The van der Waals surface area contributed by atoms with Crippen molar-refractivity contribution in [1.82, 2.24) is 14.9 Å². The Hall–Kier alpha value is -2.23. The molecule has 1 saturated heterocycles. The van der Waals surface area contributed by atoms with Crippen LogP contribution in [0.25, 0.3) is 20.7 Å². The van der Waals surface area contributed by atoms with E-state index >= 15 is 0 Å². The Balaban J connectivity index is 1.55. The van der Waals surface area contributed by atoms with Gasteiger partial charge in [0.05, 0.1) is 23.3 Å². The number of thiophene rings is 1. The maximum atomic E-state index is 12.7. The van der Waals surface area contributed by atoms with Crippen molar-refractivity contribution in [3.8, 4) is 10.4 Å². The minimum atomic E-state index is -3.08. The van der Waals surface area contributed by atoms with E-state index in [2.05, 4.69) is 10.3 Å². The van der Waals surface area contributed by atoms with E-state index in [4.69, 9.17) is 11.6 Å². The van der Waals surface area contributed by atoms with E-state index in [1.807, 2.05) is 18.2 Å². The van der Waals surface area contributed by atoms with Crippen molar-refractivity contribution in [3.05, 3.63) is 52.0 Å². The van der Waals surface area contributed by atoms with Crippen LogP contribution in [-0.4, -0.2) is 41.4 Å². The third kappa shape index (κ3) is 3.96. The number of carbonyl (C=O) groups is 1. The molecule has 3 aromatic rings. The van der Waals surface area contributed by atoms with Gasteiger partial charge in [0, 0.05) is 15.9 Å². The molecule has 0 radical (unpaired) electrons. The zero-order chi connectivity index (χ0) is 19.9. The highest BCUT2D eigenvalue weighted by Crippen LogP contribution is 2.31. The Kier molecular flexibility index (Phi) is 4.98. The first-order valence-electron chi connectivity index (χ1n) is 8.55. The number of halogens is 1. The average Bonchev–Trinajstić information content (AvgIpc) is 3.21. The summed E-state index contributed by atoms with van der Waals surface area (Å²) in [5.41, 5.74) is 1.20. The van der Waals surface area contributed by atoms with Crippen molar-refractivity contribution >= 4 is 48.9 Å². The summed E-state index contributed by atoms with van der Waals surface area (Å²) < 4.78 is 24.7. The normalized spacial score (nSPS) is 18.4. The number of hydrogen-bond acceptors (Lipinski definition) is 6. The van der Waals surface area contributed by atoms with Crippen LogP contribution >= 0.6 is 22.9 Å². The molecule has 1 amide bonds. The molecule has 1 fully saturated rings. The zero-order valence-corrected chi connectivity index (χ0v) is 17.0. The van der Waals surface area contributed by atoms with E-state index in [9.17, 15) is 18.0 Å². The van der Waals surface area contributed by atoms with Crippen molar-refractivity contribution in [2.45, 2.75) is 19.0 Å². The predicted molar refractivity (Wildman–Crippen MR) is 110 cm³/mol. The fourth-order valence-corrected chi connectivity index (χ4v) is 6.02. The molecule has 1 unspecified atom stereocenters. The van der Waals surface area contributed by atoms with Gasteiger partial charge < -0.3 is 5.32 Å². The fraction of sp³-hybridized carbons (Fsp3) is 0.278. The second-order valence-electron chi connectivity index (χ2n) is 6.68. The van der Waals surface area contributed by atoms with Gasteiger partial charge in [0.25, 0.3) is 5.56 Å². The van der Waals surface area contributed by atoms with Crippen LogP contribution in [0.1, 0.15) is 6.42 Å². The van der Waals surface area contributed by atoms with Gasteiger partial charge >= 0.3 is 0 Å². The maximum absolute atomic E-state index is 12.7. The van der Waals surface area contributed by atoms with Gasteiger partial charge in [0.2, 0.25) is 5.91 Å². The molecule has 0 aliphatic carbocycles. The molecule has 1 aliphatic heterocycles. The summed E-state index contributed by atoms with van der Waals surface area (Å²) in [5.74, 6) is -0.381. The van der Waals surface area contributed by atoms with Gasteiger partial charge in [0.15, 0.2) is 9.84 Å². The van der Waals surface area contributed by atoms with Gasteiger partial charge in [-0.3, -0.25) is 14.2 Å². The Labute approximate surface area is 169 Å². The molecule has 3 heterocycles. The lowest BCUT2D eigenvalue weighted by Gasteiger charge is -2.11. The third-order valence-electron chi connectivity index (χ3n) is 4.54. The molecule has 4 rings (SSSR count). The van der Waals surface area contributed by atoms with Crippen LogP contribution in [-0.2, 0) is 21.2 Å². The highest BCUT2D eigenvalue weighted by Gasteiger charge is 2.29. The van der Waals surface area contributed by atoms with E-state index in [0.29, 0.717) is 21.7 Å². The largest absolute Gasteiger partial charge is 0.351 e. The van der Waals surface area contributed by atoms with Crippen molar-refractivity contribution in [3.63, 3.8) is 0 Å². The number of fused-ring (bicyclic) bond motifs is 1. The predicted octanol–water partition coefficient (Wildman–Crippen LogP) is 2.08. The Morgan fingerprint density at radius 2 is 2.07 bits per heavy atom. The standard InChI is InChI=1S/C18H16ClN3O4S2/c19-12-3-1-11(2-4-12)15-7-14-17(27-15)18(24)22(10-20-14)8-16(23)21-13-5-6-28(25,26)9-13/h1-4,7,10,13H,5-6,8-9H2,(H,21,23). The van der Waals surface area contributed by atoms with Crippen LogP contribution in [0.5, 0.6) is 0 Å². The van der Waals surface area contributed by atoms with Crippen LogP contribution in [0.15, 0.2) is 41.5 Å². The van der Waals surface area contributed by atoms with Crippen LogP contribution in [0.4, 0.5) is 0 Å². The van der Waals surface area contributed by atoms with Gasteiger partial charge in [-0.15, -0.1) is 11.3 Å². The van der Waals surface area contributed by atoms with E-state index in [1.54, 1.807) is 12.1 Å². The lowest BCUT2D eigenvalue weighted by Crippen LogP contribution is -2.39. The number of nitrogens with one attached hydrogen (secondary N) is 1. The van der Waals surface area contributed by atoms with Crippen LogP contribution in [0, 0.1) is 0 Å². The number of aromatic nitrogens is 2. The number of hydrogen-bond donors (Lipinski definition) is 1. The van der Waals surface area contributed by atoms with Crippen LogP contribution in [0.2, 0.25) is 5.02 Å². The van der Waals surface area contributed by atoms with Gasteiger partial charge in [-0.25, -0.2) is 13.4 Å². The molecule has 2 aromatic heterocycles. The lowest BCUT2D eigenvalue weighted by atomic mass is 10.2. The molecule has 1 atom stereocenters. The summed E-state index contributed by atoms with van der Waals surface area (Å²) in [5, 5.41) is 3.31. The van der Waals surface area contributed by atoms with E-state index in [0.717, 1.165) is 10.4 Å². The number of carbonyl (C=O) groups excluding carboxylic acids is 1. The summed E-state index contributed by atoms with van der Waals surface area (Å²) in [6.07, 6.45) is 1.74. The van der Waals surface area contributed by atoms with E-state index < -0.39 is 21.8 Å². The second kappa shape index (κ2) is 7.31. The molecule has 7 nitrogen and oxygen atoms in total. The highest BCUT2D eigenvalue weighted by molar-refractivity contribution is 7.91. The Morgan fingerprint density at radius 3 is 2.75 bits per heavy atom. The quantitative estimate of drug-likeness (QED) is 0.673. The number of nitrogens with zero attached hydrogens (tertiary/aromatic N) is 2. The first kappa shape index (κ1) is 19.1. The minimum absolute atomic E-state index is 0.0553. The van der Waals surface area contributed by atoms with Crippen LogP contribution < -0.4 is 10.9 Å². The van der Waals surface area contributed by atoms with Crippen molar-refractivity contribution in [1.29, 1.82) is 0 Å². The fourth-order valence-electron chi connectivity index (χ4n) is 3.15. The lowest BCUT2D eigenvalue weighted by molar-refractivity contribution is -0.122. The zero-order valence-electron chi connectivity index (χ0n) is 14.6.